The Bertz CT molecular complexity index is 338. The van der Waals surface area contributed by atoms with Crippen LogP contribution in [0.25, 0.3) is 0 Å². The molecule has 1 saturated carbocycles. The highest BCUT2D eigenvalue weighted by Crippen LogP contribution is 2.45. The Kier molecular flexibility index (Phi) is 3.93. The third kappa shape index (κ3) is 3.33. The molecule has 0 aliphatic heterocycles. The van der Waals surface area contributed by atoms with E-state index >= 15 is 0 Å². The van der Waals surface area contributed by atoms with Gasteiger partial charge in [0.25, 0.3) is 0 Å². The van der Waals surface area contributed by atoms with E-state index in [4.69, 9.17) is 5.11 Å². The normalized spacial score (nSPS) is 17.8. The van der Waals surface area contributed by atoms with Crippen LogP contribution in [0, 0.1) is 5.41 Å². The third-order valence-corrected chi connectivity index (χ3v) is 2.88. The Morgan fingerprint density at radius 1 is 1.35 bits per heavy atom. The first-order valence-electron chi connectivity index (χ1n) is 5.40. The molecule has 1 fully saturated rings. The minimum absolute atomic E-state index is 0.0919. The Balaban J connectivity index is 2.31. The summed E-state index contributed by atoms with van der Waals surface area (Å²) in [5.74, 6) is -1.20. The van der Waals surface area contributed by atoms with E-state index in [1.807, 2.05) is 0 Å². The van der Waals surface area contributed by atoms with Gasteiger partial charge in [0.15, 0.2) is 0 Å². The van der Waals surface area contributed by atoms with E-state index in [2.05, 4.69) is 16.0 Å². The SMILES string of the molecule is CNC(=O)C(C)NC(=O)NCC1(C(=O)O)CC1. The second-order valence-corrected chi connectivity index (χ2v) is 4.25. The summed E-state index contributed by atoms with van der Waals surface area (Å²) in [6, 6.07) is -1.19. The number of carbonyl (C=O) groups is 3. The average Bonchev–Trinajstić information content (AvgIpc) is 3.06. The van der Waals surface area contributed by atoms with Crippen LogP contribution in [-0.4, -0.2) is 42.6 Å². The van der Waals surface area contributed by atoms with Gasteiger partial charge < -0.3 is 21.1 Å². The summed E-state index contributed by atoms with van der Waals surface area (Å²) in [4.78, 5) is 33.3. The molecule has 4 N–H and O–H groups in total. The highest BCUT2D eigenvalue weighted by atomic mass is 16.4. The second-order valence-electron chi connectivity index (χ2n) is 4.25. The number of urea groups is 1. The number of carboxylic acids is 1. The van der Waals surface area contributed by atoms with E-state index in [9.17, 15) is 14.4 Å². The van der Waals surface area contributed by atoms with Crippen molar-refractivity contribution in [3.63, 3.8) is 0 Å². The predicted octanol–water partition coefficient (Wildman–Crippen LogP) is -0.715. The molecule has 0 radical (unpaired) electrons. The molecule has 7 heteroatoms. The van der Waals surface area contributed by atoms with Crippen molar-refractivity contribution in [2.24, 2.45) is 5.41 Å². The predicted molar refractivity (Wildman–Crippen MR) is 59.4 cm³/mol. The topological polar surface area (TPSA) is 108 Å². The zero-order valence-corrected chi connectivity index (χ0v) is 9.87. The Hall–Kier alpha value is -1.79. The molecule has 96 valence electrons. The Morgan fingerprint density at radius 2 is 1.94 bits per heavy atom. The van der Waals surface area contributed by atoms with E-state index in [1.54, 1.807) is 6.92 Å². The number of hydrogen-bond acceptors (Lipinski definition) is 3. The quantitative estimate of drug-likeness (QED) is 0.511. The lowest BCUT2D eigenvalue weighted by molar-refractivity contribution is -0.143. The lowest BCUT2D eigenvalue weighted by Crippen LogP contribution is -2.49. The largest absolute Gasteiger partial charge is 0.481 e. The molecule has 17 heavy (non-hydrogen) atoms. The van der Waals surface area contributed by atoms with Gasteiger partial charge >= 0.3 is 12.0 Å². The van der Waals surface area contributed by atoms with Gasteiger partial charge in [0.2, 0.25) is 5.91 Å². The van der Waals surface area contributed by atoms with Crippen LogP contribution in [0.3, 0.4) is 0 Å². The summed E-state index contributed by atoms with van der Waals surface area (Å²) in [6.07, 6.45) is 1.15. The van der Waals surface area contributed by atoms with Crippen LogP contribution in [-0.2, 0) is 9.59 Å². The van der Waals surface area contributed by atoms with Crippen LogP contribution in [0.4, 0.5) is 4.79 Å². The Labute approximate surface area is 98.9 Å². The molecule has 1 atom stereocenters. The van der Waals surface area contributed by atoms with Crippen LogP contribution in [0.5, 0.6) is 0 Å². The summed E-state index contributed by atoms with van der Waals surface area (Å²) >= 11 is 0. The first kappa shape index (κ1) is 13.3. The molecule has 1 aliphatic rings. The van der Waals surface area contributed by atoms with Crippen LogP contribution < -0.4 is 16.0 Å². The maximum atomic E-state index is 11.4. The van der Waals surface area contributed by atoms with Crippen molar-refractivity contribution >= 4 is 17.9 Å². The maximum absolute atomic E-state index is 11.4. The minimum atomic E-state index is -0.892. The van der Waals surface area contributed by atoms with Gasteiger partial charge in [-0.05, 0) is 19.8 Å². The van der Waals surface area contributed by atoms with Crippen molar-refractivity contribution < 1.29 is 19.5 Å². The Morgan fingerprint density at radius 3 is 2.35 bits per heavy atom. The number of carboxylic acid groups (broad SMARTS) is 1. The van der Waals surface area contributed by atoms with Crippen molar-refractivity contribution in [3.05, 3.63) is 0 Å². The van der Waals surface area contributed by atoms with Crippen LogP contribution in [0.15, 0.2) is 0 Å². The second kappa shape index (κ2) is 5.03. The molecule has 0 aromatic rings. The fourth-order valence-corrected chi connectivity index (χ4v) is 1.40. The number of amides is 3. The molecular formula is C10H17N3O4. The highest BCUT2D eigenvalue weighted by Gasteiger charge is 2.50. The van der Waals surface area contributed by atoms with Gasteiger partial charge in [-0.1, -0.05) is 0 Å². The van der Waals surface area contributed by atoms with Gasteiger partial charge in [-0.15, -0.1) is 0 Å². The number of rotatable bonds is 5. The zero-order chi connectivity index (χ0) is 13.1. The molecular weight excluding hydrogens is 226 g/mol. The number of carbonyl (C=O) groups excluding carboxylic acids is 2. The smallest absolute Gasteiger partial charge is 0.315 e. The van der Waals surface area contributed by atoms with Gasteiger partial charge in [0.05, 0.1) is 5.41 Å². The summed E-state index contributed by atoms with van der Waals surface area (Å²) in [5.41, 5.74) is -0.798. The first-order chi connectivity index (χ1) is 7.91. The molecule has 3 amide bonds. The molecule has 0 spiro atoms. The number of likely N-dealkylation sites (N-methyl/N-ethyl adjacent to an activating group) is 1. The molecule has 1 rings (SSSR count). The molecule has 7 nitrogen and oxygen atoms in total. The molecule has 1 aliphatic carbocycles. The maximum Gasteiger partial charge on any atom is 0.315 e. The zero-order valence-electron chi connectivity index (χ0n) is 9.87. The van der Waals surface area contributed by atoms with Crippen molar-refractivity contribution in [2.75, 3.05) is 13.6 Å². The van der Waals surface area contributed by atoms with Gasteiger partial charge in [-0.2, -0.15) is 0 Å². The van der Waals surface area contributed by atoms with Crippen molar-refractivity contribution in [1.29, 1.82) is 0 Å². The van der Waals surface area contributed by atoms with Crippen LogP contribution in [0.2, 0.25) is 0 Å². The van der Waals surface area contributed by atoms with E-state index in [1.165, 1.54) is 7.05 Å². The molecule has 0 bridgehead atoms. The summed E-state index contributed by atoms with van der Waals surface area (Å²) in [7, 11) is 1.47. The lowest BCUT2D eigenvalue weighted by Gasteiger charge is -2.15. The van der Waals surface area contributed by atoms with Crippen LogP contribution >= 0.6 is 0 Å². The van der Waals surface area contributed by atoms with Crippen molar-refractivity contribution in [2.45, 2.75) is 25.8 Å². The fraction of sp³-hybridized carbons (Fsp3) is 0.700. The molecule has 0 heterocycles. The highest BCUT2D eigenvalue weighted by molar-refractivity contribution is 5.86. The monoisotopic (exact) mass is 243 g/mol. The number of aliphatic carboxylic acids is 1. The molecule has 0 aromatic carbocycles. The lowest BCUT2D eigenvalue weighted by atomic mass is 10.1. The van der Waals surface area contributed by atoms with E-state index in [0.29, 0.717) is 12.8 Å². The fourth-order valence-electron chi connectivity index (χ4n) is 1.40. The van der Waals surface area contributed by atoms with Gasteiger partial charge in [-0.3, -0.25) is 9.59 Å². The van der Waals surface area contributed by atoms with E-state index < -0.39 is 23.5 Å². The van der Waals surface area contributed by atoms with Crippen molar-refractivity contribution in [1.82, 2.24) is 16.0 Å². The minimum Gasteiger partial charge on any atom is -0.481 e. The summed E-state index contributed by atoms with van der Waals surface area (Å²) in [5, 5.41) is 16.2. The van der Waals surface area contributed by atoms with E-state index in [0.717, 1.165) is 0 Å². The summed E-state index contributed by atoms with van der Waals surface area (Å²) in [6.45, 7) is 1.64. The first-order valence-corrected chi connectivity index (χ1v) is 5.40. The average molecular weight is 243 g/mol. The number of hydrogen-bond donors (Lipinski definition) is 4. The van der Waals surface area contributed by atoms with E-state index in [-0.39, 0.29) is 12.5 Å². The third-order valence-electron chi connectivity index (χ3n) is 2.88. The van der Waals surface area contributed by atoms with Gasteiger partial charge in [0.1, 0.15) is 6.04 Å². The van der Waals surface area contributed by atoms with Gasteiger partial charge in [0, 0.05) is 13.6 Å². The standard InChI is InChI=1S/C10H17N3O4/c1-6(7(14)11-2)13-9(17)12-5-10(3-4-10)8(15)16/h6H,3-5H2,1-2H3,(H,11,14)(H,15,16)(H2,12,13,17). The molecule has 0 saturated heterocycles. The van der Waals surface area contributed by atoms with Crippen molar-refractivity contribution in [3.8, 4) is 0 Å². The van der Waals surface area contributed by atoms with Crippen LogP contribution in [0.1, 0.15) is 19.8 Å². The number of nitrogens with one attached hydrogen (secondary N) is 3. The van der Waals surface area contributed by atoms with Gasteiger partial charge in [-0.25, -0.2) is 4.79 Å². The summed E-state index contributed by atoms with van der Waals surface area (Å²) < 4.78 is 0. The molecule has 0 aromatic heterocycles. The molecule has 1 unspecified atom stereocenters.